The molecule has 0 N–H and O–H groups in total. The second-order valence-electron chi connectivity index (χ2n) is 4.20. The van der Waals surface area contributed by atoms with Crippen LogP contribution in [0.15, 0.2) is 0 Å². The van der Waals surface area contributed by atoms with Crippen LogP contribution in [0.2, 0.25) is 0 Å². The van der Waals surface area contributed by atoms with E-state index in [-0.39, 0.29) is 5.97 Å². The van der Waals surface area contributed by atoms with Gasteiger partial charge < -0.3 is 4.74 Å². The second kappa shape index (κ2) is 6.05. The van der Waals surface area contributed by atoms with Gasteiger partial charge in [0.2, 0.25) is 0 Å². The zero-order chi connectivity index (χ0) is 10.4. The summed E-state index contributed by atoms with van der Waals surface area (Å²) in [7, 11) is 0. The van der Waals surface area contributed by atoms with Gasteiger partial charge in [0.15, 0.2) is 0 Å². The molecule has 0 heterocycles. The zero-order valence-electron chi connectivity index (χ0n) is 9.42. The largest absolute Gasteiger partial charge is 0.466 e. The third-order valence-electron chi connectivity index (χ3n) is 3.37. The number of rotatable bonds is 5. The van der Waals surface area contributed by atoms with Crippen molar-refractivity contribution in [3.63, 3.8) is 0 Å². The lowest BCUT2D eigenvalue weighted by Gasteiger charge is -2.16. The third-order valence-corrected chi connectivity index (χ3v) is 3.37. The summed E-state index contributed by atoms with van der Waals surface area (Å²) in [6, 6.07) is 0. The minimum atomic E-state index is -0.0192. The Morgan fingerprint density at radius 2 is 2.00 bits per heavy atom. The van der Waals surface area contributed by atoms with E-state index in [1.807, 2.05) is 6.92 Å². The average molecular weight is 198 g/mol. The van der Waals surface area contributed by atoms with Gasteiger partial charge >= 0.3 is 5.97 Å². The number of hydrogen-bond acceptors (Lipinski definition) is 2. The molecule has 0 bridgehead atoms. The third kappa shape index (κ3) is 3.32. The van der Waals surface area contributed by atoms with Gasteiger partial charge in [-0.15, -0.1) is 0 Å². The van der Waals surface area contributed by atoms with E-state index >= 15 is 0 Å². The van der Waals surface area contributed by atoms with Crippen molar-refractivity contribution in [2.24, 2.45) is 11.8 Å². The van der Waals surface area contributed by atoms with E-state index < -0.39 is 0 Å². The van der Waals surface area contributed by atoms with Gasteiger partial charge in [-0.25, -0.2) is 0 Å². The van der Waals surface area contributed by atoms with Crippen LogP contribution in [0.4, 0.5) is 0 Å². The van der Waals surface area contributed by atoms with Crippen LogP contribution in [-0.4, -0.2) is 12.6 Å². The quantitative estimate of drug-likeness (QED) is 0.634. The molecule has 0 spiro atoms. The molecular weight excluding hydrogens is 176 g/mol. The van der Waals surface area contributed by atoms with Crippen molar-refractivity contribution in [3.05, 3.63) is 0 Å². The van der Waals surface area contributed by atoms with Gasteiger partial charge in [-0.3, -0.25) is 4.79 Å². The predicted molar refractivity (Wildman–Crippen MR) is 57.0 cm³/mol. The van der Waals surface area contributed by atoms with E-state index in [9.17, 15) is 4.79 Å². The summed E-state index contributed by atoms with van der Waals surface area (Å²) in [6.45, 7) is 4.64. The van der Waals surface area contributed by atoms with Crippen molar-refractivity contribution in [2.75, 3.05) is 6.61 Å². The van der Waals surface area contributed by atoms with Crippen LogP contribution >= 0.6 is 0 Å². The molecular formula is C12H22O2. The molecule has 0 aromatic rings. The standard InChI is InChI=1S/C12H22O2/c1-3-10-6-5-7-11(10)8-9-12(13)14-4-2/h10-11H,3-9H2,1-2H3. The van der Waals surface area contributed by atoms with Gasteiger partial charge in [-0.2, -0.15) is 0 Å². The van der Waals surface area contributed by atoms with Crippen LogP contribution in [0.25, 0.3) is 0 Å². The molecule has 0 aliphatic heterocycles. The summed E-state index contributed by atoms with van der Waals surface area (Å²) in [5, 5.41) is 0. The first kappa shape index (κ1) is 11.5. The topological polar surface area (TPSA) is 26.3 Å². The molecule has 0 aromatic carbocycles. The van der Waals surface area contributed by atoms with Crippen LogP contribution in [0, 0.1) is 11.8 Å². The summed E-state index contributed by atoms with van der Waals surface area (Å²) < 4.78 is 4.93. The van der Waals surface area contributed by atoms with Gasteiger partial charge in [0.1, 0.15) is 0 Å². The van der Waals surface area contributed by atoms with Gasteiger partial charge in [0.25, 0.3) is 0 Å². The highest BCUT2D eigenvalue weighted by Gasteiger charge is 2.25. The van der Waals surface area contributed by atoms with Crippen molar-refractivity contribution >= 4 is 5.97 Å². The Kier molecular flexibility index (Phi) is 4.99. The van der Waals surface area contributed by atoms with Crippen molar-refractivity contribution in [1.29, 1.82) is 0 Å². The van der Waals surface area contributed by atoms with Crippen LogP contribution < -0.4 is 0 Å². The number of ether oxygens (including phenoxy) is 1. The van der Waals surface area contributed by atoms with Crippen molar-refractivity contribution in [2.45, 2.75) is 52.4 Å². The molecule has 1 rings (SSSR count). The maximum atomic E-state index is 11.2. The minimum absolute atomic E-state index is 0.0192. The second-order valence-corrected chi connectivity index (χ2v) is 4.20. The van der Waals surface area contributed by atoms with Gasteiger partial charge in [0, 0.05) is 6.42 Å². The number of esters is 1. The van der Waals surface area contributed by atoms with Crippen LogP contribution in [-0.2, 0) is 9.53 Å². The summed E-state index contributed by atoms with van der Waals surface area (Å²) in [4.78, 5) is 11.2. The molecule has 0 radical (unpaired) electrons. The first-order valence-electron chi connectivity index (χ1n) is 5.93. The maximum Gasteiger partial charge on any atom is 0.305 e. The van der Waals surface area contributed by atoms with E-state index in [4.69, 9.17) is 4.74 Å². The van der Waals surface area contributed by atoms with Crippen LogP contribution in [0.3, 0.4) is 0 Å². The zero-order valence-corrected chi connectivity index (χ0v) is 9.42. The van der Waals surface area contributed by atoms with E-state index in [2.05, 4.69) is 6.92 Å². The Hall–Kier alpha value is -0.530. The molecule has 1 aliphatic carbocycles. The highest BCUT2D eigenvalue weighted by atomic mass is 16.5. The number of hydrogen-bond donors (Lipinski definition) is 0. The van der Waals surface area contributed by atoms with Crippen molar-refractivity contribution in [1.82, 2.24) is 0 Å². The Balaban J connectivity index is 2.20. The van der Waals surface area contributed by atoms with Crippen molar-refractivity contribution < 1.29 is 9.53 Å². The van der Waals surface area contributed by atoms with E-state index in [0.29, 0.717) is 13.0 Å². The summed E-state index contributed by atoms with van der Waals surface area (Å²) in [6.07, 6.45) is 6.97. The molecule has 2 unspecified atom stereocenters. The number of carbonyl (C=O) groups excluding carboxylic acids is 1. The monoisotopic (exact) mass is 198 g/mol. The van der Waals surface area contributed by atoms with E-state index in [1.165, 1.54) is 25.7 Å². The minimum Gasteiger partial charge on any atom is -0.466 e. The summed E-state index contributed by atoms with van der Waals surface area (Å²) in [5.74, 6) is 1.63. The van der Waals surface area contributed by atoms with Crippen LogP contribution in [0.1, 0.15) is 52.4 Å². The fourth-order valence-corrected chi connectivity index (χ4v) is 2.57. The first-order valence-corrected chi connectivity index (χ1v) is 5.93. The first-order chi connectivity index (χ1) is 6.77. The smallest absolute Gasteiger partial charge is 0.305 e. The Bertz CT molecular complexity index is 177. The normalized spacial score (nSPS) is 26.4. The molecule has 1 aliphatic rings. The fourth-order valence-electron chi connectivity index (χ4n) is 2.57. The Morgan fingerprint density at radius 3 is 2.64 bits per heavy atom. The summed E-state index contributed by atoms with van der Waals surface area (Å²) in [5.41, 5.74) is 0. The highest BCUT2D eigenvalue weighted by molar-refractivity contribution is 5.69. The van der Waals surface area contributed by atoms with E-state index in [0.717, 1.165) is 18.3 Å². The lowest BCUT2D eigenvalue weighted by Crippen LogP contribution is -2.11. The molecule has 2 heteroatoms. The SMILES string of the molecule is CCOC(=O)CCC1CCCC1CC. The molecule has 1 saturated carbocycles. The molecule has 2 nitrogen and oxygen atoms in total. The molecule has 2 atom stereocenters. The van der Waals surface area contributed by atoms with Gasteiger partial charge in [0.05, 0.1) is 6.61 Å². The summed E-state index contributed by atoms with van der Waals surface area (Å²) >= 11 is 0. The molecule has 0 amide bonds. The van der Waals surface area contributed by atoms with E-state index in [1.54, 1.807) is 0 Å². The predicted octanol–water partition coefficient (Wildman–Crippen LogP) is 3.16. The number of carbonyl (C=O) groups is 1. The lowest BCUT2D eigenvalue weighted by molar-refractivity contribution is -0.143. The molecule has 0 aromatic heterocycles. The molecule has 82 valence electrons. The fraction of sp³-hybridized carbons (Fsp3) is 0.917. The van der Waals surface area contributed by atoms with Crippen LogP contribution in [0.5, 0.6) is 0 Å². The lowest BCUT2D eigenvalue weighted by atomic mass is 9.90. The molecule has 1 fully saturated rings. The Morgan fingerprint density at radius 1 is 1.29 bits per heavy atom. The van der Waals surface area contributed by atoms with Gasteiger partial charge in [-0.1, -0.05) is 32.6 Å². The molecule has 0 saturated heterocycles. The maximum absolute atomic E-state index is 11.2. The van der Waals surface area contributed by atoms with Crippen molar-refractivity contribution in [3.8, 4) is 0 Å². The molecule has 14 heavy (non-hydrogen) atoms. The Labute approximate surface area is 87.0 Å². The highest BCUT2D eigenvalue weighted by Crippen LogP contribution is 2.36. The van der Waals surface area contributed by atoms with Gasteiger partial charge in [-0.05, 0) is 25.2 Å². The average Bonchev–Trinajstić information content (AvgIpc) is 2.62.